The highest BCUT2D eigenvalue weighted by Gasteiger charge is 2.25. The third-order valence-electron chi connectivity index (χ3n) is 5.81. The highest BCUT2D eigenvalue weighted by molar-refractivity contribution is 5.32. The molecule has 2 aromatic rings. The zero-order chi connectivity index (χ0) is 18.8. The van der Waals surface area contributed by atoms with Crippen molar-refractivity contribution in [3.05, 3.63) is 71.8 Å². The Kier molecular flexibility index (Phi) is 8.87. The van der Waals surface area contributed by atoms with Crippen LogP contribution in [0.1, 0.15) is 57.1 Å². The Balaban J connectivity index is 0.000000197. The van der Waals surface area contributed by atoms with Crippen LogP contribution in [0.3, 0.4) is 0 Å². The van der Waals surface area contributed by atoms with E-state index >= 15 is 0 Å². The molecule has 1 fully saturated rings. The van der Waals surface area contributed by atoms with Crippen LogP contribution in [0.4, 0.5) is 0 Å². The van der Waals surface area contributed by atoms with Gasteiger partial charge < -0.3 is 11.1 Å². The number of benzene rings is 2. The zero-order valence-electron chi connectivity index (χ0n) is 16.7. The smallest absolute Gasteiger partial charge is 0.0212 e. The quantitative estimate of drug-likeness (QED) is 0.776. The number of hydrogen-bond donors (Lipinski definition) is 2. The molecule has 0 radical (unpaired) electrons. The summed E-state index contributed by atoms with van der Waals surface area (Å²) in [6, 6.07) is 21.6. The summed E-state index contributed by atoms with van der Waals surface area (Å²) in [6.45, 7) is 8.74. The Morgan fingerprint density at radius 1 is 0.923 bits per heavy atom. The second-order valence-corrected chi connectivity index (χ2v) is 7.54. The molecule has 3 rings (SSSR count). The average molecular weight is 353 g/mol. The Morgan fingerprint density at radius 3 is 1.92 bits per heavy atom. The van der Waals surface area contributed by atoms with Gasteiger partial charge in [-0.2, -0.15) is 0 Å². The van der Waals surface area contributed by atoms with Crippen LogP contribution in [0.5, 0.6) is 0 Å². The molecular formula is C24H36N2. The van der Waals surface area contributed by atoms with Crippen LogP contribution in [-0.2, 0) is 0 Å². The fraction of sp³-hybridized carbons (Fsp3) is 0.500. The van der Waals surface area contributed by atoms with Gasteiger partial charge in [0.25, 0.3) is 0 Å². The normalized spacial score (nSPS) is 22.6. The van der Waals surface area contributed by atoms with Crippen molar-refractivity contribution >= 4 is 0 Å². The van der Waals surface area contributed by atoms with Crippen molar-refractivity contribution in [1.29, 1.82) is 0 Å². The van der Waals surface area contributed by atoms with Crippen molar-refractivity contribution in [2.75, 3.05) is 13.1 Å². The molecule has 0 aliphatic heterocycles. The molecule has 0 aromatic heterocycles. The molecule has 1 aliphatic carbocycles. The van der Waals surface area contributed by atoms with Gasteiger partial charge in [0.15, 0.2) is 0 Å². The molecule has 2 nitrogen and oxygen atoms in total. The number of nitrogens with two attached hydrogens (primary N) is 1. The van der Waals surface area contributed by atoms with Crippen LogP contribution in [0.25, 0.3) is 0 Å². The first-order chi connectivity index (χ1) is 12.7. The van der Waals surface area contributed by atoms with Crippen LogP contribution in [0.2, 0.25) is 0 Å². The lowest BCUT2D eigenvalue weighted by molar-refractivity contribution is 0.209. The predicted octanol–water partition coefficient (Wildman–Crippen LogP) is 5.20. The molecule has 2 heteroatoms. The monoisotopic (exact) mass is 352 g/mol. The van der Waals surface area contributed by atoms with Gasteiger partial charge in [-0.1, -0.05) is 94.3 Å². The van der Waals surface area contributed by atoms with Gasteiger partial charge in [-0.15, -0.1) is 0 Å². The molecule has 0 spiro atoms. The molecule has 0 heterocycles. The zero-order valence-corrected chi connectivity index (χ0v) is 16.7. The van der Waals surface area contributed by atoms with Crippen LogP contribution < -0.4 is 11.1 Å². The van der Waals surface area contributed by atoms with Crippen molar-refractivity contribution in [2.45, 2.75) is 52.0 Å². The first-order valence-corrected chi connectivity index (χ1v) is 10.2. The van der Waals surface area contributed by atoms with Gasteiger partial charge >= 0.3 is 0 Å². The first-order valence-electron chi connectivity index (χ1n) is 10.2. The predicted molar refractivity (Wildman–Crippen MR) is 113 cm³/mol. The van der Waals surface area contributed by atoms with E-state index in [1.54, 1.807) is 0 Å². The molecule has 26 heavy (non-hydrogen) atoms. The van der Waals surface area contributed by atoms with Crippen molar-refractivity contribution in [2.24, 2.45) is 17.6 Å². The summed E-state index contributed by atoms with van der Waals surface area (Å²) < 4.78 is 0. The van der Waals surface area contributed by atoms with Gasteiger partial charge in [0.05, 0.1) is 0 Å². The van der Waals surface area contributed by atoms with E-state index in [4.69, 9.17) is 5.73 Å². The maximum atomic E-state index is 5.84. The second-order valence-electron chi connectivity index (χ2n) is 7.54. The summed E-state index contributed by atoms with van der Waals surface area (Å²) in [5, 5.41) is 3.56. The minimum Gasteiger partial charge on any atom is -0.330 e. The van der Waals surface area contributed by atoms with Gasteiger partial charge in [-0.3, -0.25) is 0 Å². The summed E-state index contributed by atoms with van der Waals surface area (Å²) in [5.41, 5.74) is 8.40. The van der Waals surface area contributed by atoms with Gasteiger partial charge in [-0.25, -0.2) is 0 Å². The van der Waals surface area contributed by atoms with Crippen molar-refractivity contribution < 1.29 is 0 Å². The number of nitrogens with one attached hydrogen (secondary N) is 1. The molecule has 3 unspecified atom stereocenters. The Bertz CT molecular complexity index is 555. The van der Waals surface area contributed by atoms with Crippen LogP contribution in [0, 0.1) is 11.8 Å². The number of rotatable bonds is 5. The van der Waals surface area contributed by atoms with E-state index in [9.17, 15) is 0 Å². The van der Waals surface area contributed by atoms with Gasteiger partial charge in [0.2, 0.25) is 0 Å². The van der Waals surface area contributed by atoms with E-state index in [1.807, 2.05) is 12.1 Å². The maximum Gasteiger partial charge on any atom is 0.0212 e. The third kappa shape index (κ3) is 5.96. The van der Waals surface area contributed by atoms with E-state index in [2.05, 4.69) is 74.6 Å². The minimum atomic E-state index is 0.312. The summed E-state index contributed by atoms with van der Waals surface area (Å²) in [6.07, 6.45) is 4.24. The fourth-order valence-electron chi connectivity index (χ4n) is 3.97. The fourth-order valence-corrected chi connectivity index (χ4v) is 3.97. The van der Waals surface area contributed by atoms with Crippen molar-refractivity contribution in [1.82, 2.24) is 5.32 Å². The topological polar surface area (TPSA) is 38.0 Å². The molecular weight excluding hydrogens is 316 g/mol. The molecule has 2 aromatic carbocycles. The molecule has 0 amide bonds. The summed E-state index contributed by atoms with van der Waals surface area (Å²) in [7, 11) is 0. The summed E-state index contributed by atoms with van der Waals surface area (Å²) in [4.78, 5) is 0. The van der Waals surface area contributed by atoms with E-state index in [-0.39, 0.29) is 0 Å². The van der Waals surface area contributed by atoms with Crippen molar-refractivity contribution in [3.63, 3.8) is 0 Å². The Hall–Kier alpha value is -1.64. The molecule has 3 N–H and O–H groups in total. The molecule has 3 atom stereocenters. The van der Waals surface area contributed by atoms with E-state index in [0.717, 1.165) is 24.4 Å². The lowest BCUT2D eigenvalue weighted by Crippen LogP contribution is -2.40. The molecule has 1 aliphatic rings. The van der Waals surface area contributed by atoms with Crippen LogP contribution in [-0.4, -0.2) is 19.1 Å². The SMILES string of the molecule is CCNC1CCCC(C)C1C.NCC(c1ccccc1)c1ccccc1. The molecule has 0 saturated heterocycles. The Labute approximate surface area is 160 Å². The summed E-state index contributed by atoms with van der Waals surface area (Å²) in [5.74, 6) is 2.11. The lowest BCUT2D eigenvalue weighted by atomic mass is 9.78. The highest BCUT2D eigenvalue weighted by Crippen LogP contribution is 2.29. The second kappa shape index (κ2) is 11.2. The molecule has 142 valence electrons. The minimum absolute atomic E-state index is 0.312. The molecule has 1 saturated carbocycles. The van der Waals surface area contributed by atoms with Crippen LogP contribution in [0.15, 0.2) is 60.7 Å². The number of hydrogen-bond acceptors (Lipinski definition) is 2. The largest absolute Gasteiger partial charge is 0.330 e. The van der Waals surface area contributed by atoms with E-state index in [1.165, 1.54) is 30.4 Å². The van der Waals surface area contributed by atoms with Crippen molar-refractivity contribution in [3.8, 4) is 0 Å². The van der Waals surface area contributed by atoms with Crippen LogP contribution >= 0.6 is 0 Å². The van der Waals surface area contributed by atoms with E-state index in [0.29, 0.717) is 12.5 Å². The third-order valence-corrected chi connectivity index (χ3v) is 5.81. The van der Waals surface area contributed by atoms with Gasteiger partial charge in [0.1, 0.15) is 0 Å². The maximum absolute atomic E-state index is 5.84. The first kappa shape index (κ1) is 20.7. The molecule has 0 bridgehead atoms. The van der Waals surface area contributed by atoms with Gasteiger partial charge in [0, 0.05) is 18.5 Å². The lowest BCUT2D eigenvalue weighted by Gasteiger charge is -2.34. The Morgan fingerprint density at radius 2 is 1.46 bits per heavy atom. The average Bonchev–Trinajstić information content (AvgIpc) is 2.69. The van der Waals surface area contributed by atoms with E-state index < -0.39 is 0 Å². The highest BCUT2D eigenvalue weighted by atomic mass is 14.9. The standard InChI is InChI=1S/C14H15N.C10H21N/c15-11-14(12-7-3-1-4-8-12)13-9-5-2-6-10-13;1-4-11-10-7-5-6-8(2)9(10)3/h1-10,14H,11,15H2;8-11H,4-7H2,1-3H3. The van der Waals surface area contributed by atoms with Gasteiger partial charge in [-0.05, 0) is 35.9 Å². The summed E-state index contributed by atoms with van der Waals surface area (Å²) >= 11 is 0.